The Kier molecular flexibility index (Phi) is 48.6. The molecule has 236 valence electrons. The molecule has 0 aliphatic heterocycles. The summed E-state index contributed by atoms with van der Waals surface area (Å²) >= 11 is 1.75. The van der Waals surface area contributed by atoms with E-state index in [0.717, 1.165) is 12.5 Å². The zero-order chi connectivity index (χ0) is 32.9. The minimum atomic E-state index is -5.24. The van der Waals surface area contributed by atoms with Crippen molar-refractivity contribution in [1.82, 2.24) is 0 Å². The van der Waals surface area contributed by atoms with Crippen molar-refractivity contribution in [3.05, 3.63) is 0 Å². The van der Waals surface area contributed by atoms with Crippen LogP contribution in [-0.2, 0) is 19.4 Å². The van der Waals surface area contributed by atoms with Crippen LogP contribution in [0.15, 0.2) is 0 Å². The highest BCUT2D eigenvalue weighted by atomic mass is 32.2. The van der Waals surface area contributed by atoms with Gasteiger partial charge in [-0.2, -0.15) is 38.1 Å². The van der Waals surface area contributed by atoms with E-state index >= 15 is 0 Å². The molecule has 0 spiro atoms. The van der Waals surface area contributed by atoms with E-state index in [1.54, 1.807) is 26.0 Å². The highest BCUT2D eigenvalue weighted by Gasteiger charge is 2.64. The zero-order valence-electron chi connectivity index (χ0n) is 26.6. The third kappa shape index (κ3) is 130. The number of Topliss-reactive ketones (excluding diaryl/α,β-unsaturated/α-hetero) is 1. The topological polar surface area (TPSA) is 60.4 Å². The van der Waals surface area contributed by atoms with Gasteiger partial charge >= 0.3 is 12.4 Å². The molecule has 0 heterocycles. The maximum absolute atomic E-state index is 11.6. The van der Waals surface area contributed by atoms with E-state index in [1.165, 1.54) is 26.7 Å². The monoisotopic (exact) mass is 600 g/mol. The Morgan fingerprint density at radius 3 is 0.757 bits per heavy atom. The van der Waals surface area contributed by atoms with Gasteiger partial charge in [0.15, 0.2) is 5.41 Å². The summed E-state index contributed by atoms with van der Waals surface area (Å²) in [5.74, 6) is 0.167. The third-order valence-electron chi connectivity index (χ3n) is 1.42. The molecule has 0 aromatic carbocycles. The number of carbonyl (C=O) groups excluding carboxylic acids is 1. The van der Waals surface area contributed by atoms with Gasteiger partial charge in [0, 0.05) is 26.7 Å². The zero-order valence-corrected chi connectivity index (χ0v) is 28.3. The Bertz CT molecular complexity index is 497. The van der Waals surface area contributed by atoms with Gasteiger partial charge in [0.2, 0.25) is 0 Å². The average Bonchev–Trinajstić information content (AvgIpc) is 2.52. The van der Waals surface area contributed by atoms with Gasteiger partial charge in [-0.1, -0.05) is 68.2 Å². The summed E-state index contributed by atoms with van der Waals surface area (Å²) in [6.07, 6.45) is -1.59. The number of thioether (sulfide) groups is 1. The number of halogens is 6. The Balaban J connectivity index is -0.0000000464. The smallest absolute Gasteiger partial charge is 0.388 e. The van der Waals surface area contributed by atoms with Crippen molar-refractivity contribution >= 4 is 27.4 Å². The first kappa shape index (κ1) is 56.6. The maximum Gasteiger partial charge on any atom is 0.402 e. The lowest BCUT2D eigenvalue weighted by atomic mass is 9.92. The van der Waals surface area contributed by atoms with Crippen LogP contribution in [0.4, 0.5) is 26.3 Å². The number of methoxy groups -OCH3 is 1. The lowest BCUT2D eigenvalue weighted by molar-refractivity contribution is -0.327. The van der Waals surface area contributed by atoms with Crippen LogP contribution < -0.4 is 0 Å². The van der Waals surface area contributed by atoms with E-state index in [0.29, 0.717) is 5.41 Å². The van der Waals surface area contributed by atoms with Crippen LogP contribution >= 0.6 is 11.8 Å². The van der Waals surface area contributed by atoms with Gasteiger partial charge in [-0.15, -0.1) is 0 Å². The molecule has 0 saturated carbocycles. The summed E-state index contributed by atoms with van der Waals surface area (Å²) in [6, 6.07) is 0. The summed E-state index contributed by atoms with van der Waals surface area (Å²) in [6.45, 7) is 20.5. The number of carbonyl (C=O) groups is 1. The van der Waals surface area contributed by atoms with Crippen molar-refractivity contribution in [1.29, 1.82) is 0 Å². The fourth-order valence-corrected chi connectivity index (χ4v) is 0.161. The van der Waals surface area contributed by atoms with Crippen LogP contribution in [0.2, 0.25) is 0 Å². The molecule has 12 heteroatoms. The molecule has 0 aliphatic carbocycles. The van der Waals surface area contributed by atoms with Gasteiger partial charge in [0.05, 0.1) is 0 Å². The SMILES string of the molecule is CC(C)(C(F)(F)F)C(F)(F)F.CC(C)(C)C.CC(C)=O.CCC.CCC.COC.CS(C)(=O)=O.CSC. The summed E-state index contributed by atoms with van der Waals surface area (Å²) in [5, 5.41) is 0. The highest BCUT2D eigenvalue weighted by Crippen LogP contribution is 2.49. The predicted molar refractivity (Wildman–Crippen MR) is 152 cm³/mol. The first-order valence-electron chi connectivity index (χ1n) is 11.4. The predicted octanol–water partition coefficient (Wildman–Crippen LogP) is 9.52. The first-order valence-corrected chi connectivity index (χ1v) is 15.4. The van der Waals surface area contributed by atoms with E-state index in [-0.39, 0.29) is 19.6 Å². The number of alkyl halides is 6. The normalized spacial score (nSPS) is 10.4. The van der Waals surface area contributed by atoms with Crippen molar-refractivity contribution in [3.63, 3.8) is 0 Å². The lowest BCUT2D eigenvalue weighted by Gasteiger charge is -2.29. The van der Waals surface area contributed by atoms with Gasteiger partial charge < -0.3 is 9.53 Å². The molecule has 0 aliphatic rings. The number of hydrogen-bond acceptors (Lipinski definition) is 5. The molecule has 0 atom stereocenters. The fraction of sp³-hybridized carbons (Fsp3) is 0.960. The van der Waals surface area contributed by atoms with Gasteiger partial charge in [-0.05, 0) is 45.6 Å². The van der Waals surface area contributed by atoms with E-state index in [1.807, 2.05) is 12.5 Å². The van der Waals surface area contributed by atoms with E-state index < -0.39 is 27.6 Å². The molecule has 0 saturated heterocycles. The van der Waals surface area contributed by atoms with Crippen molar-refractivity contribution in [3.8, 4) is 0 Å². The second-order valence-corrected chi connectivity index (χ2v) is 13.0. The summed E-state index contributed by atoms with van der Waals surface area (Å²) in [7, 11) is 0.583. The van der Waals surface area contributed by atoms with Gasteiger partial charge in [0.1, 0.15) is 15.6 Å². The number of ketones is 1. The molecule has 4 nitrogen and oxygen atoms in total. The summed E-state index contributed by atoms with van der Waals surface area (Å²) in [4.78, 5) is 9.44. The second kappa shape index (κ2) is 31.7. The Morgan fingerprint density at radius 1 is 0.703 bits per heavy atom. The average molecular weight is 601 g/mol. The first-order chi connectivity index (χ1) is 15.9. The molecular weight excluding hydrogens is 542 g/mol. The van der Waals surface area contributed by atoms with Crippen LogP contribution in [0.5, 0.6) is 0 Å². The van der Waals surface area contributed by atoms with Crippen molar-refractivity contribution < 1.29 is 44.3 Å². The van der Waals surface area contributed by atoms with Crippen LogP contribution in [0, 0.1) is 10.8 Å². The number of sulfone groups is 1. The number of rotatable bonds is 0. The van der Waals surface area contributed by atoms with E-state index in [2.05, 4.69) is 60.1 Å². The summed E-state index contributed by atoms with van der Waals surface area (Å²) < 4.78 is 93.2. The van der Waals surface area contributed by atoms with Gasteiger partial charge in [-0.3, -0.25) is 0 Å². The molecule has 0 aromatic heterocycles. The fourth-order valence-electron chi connectivity index (χ4n) is 0.161. The molecule has 0 bridgehead atoms. The Morgan fingerprint density at radius 2 is 0.757 bits per heavy atom. The molecule has 0 rings (SSSR count). The molecule has 0 fully saturated rings. The summed E-state index contributed by atoms with van der Waals surface area (Å²) in [5.41, 5.74) is -3.12. The molecule has 0 unspecified atom stereocenters. The number of hydrogen-bond donors (Lipinski definition) is 0. The minimum absolute atomic E-state index is 0.104. The van der Waals surface area contributed by atoms with Gasteiger partial charge in [0.25, 0.3) is 0 Å². The van der Waals surface area contributed by atoms with Crippen LogP contribution in [-0.4, -0.2) is 65.8 Å². The van der Waals surface area contributed by atoms with Crippen molar-refractivity contribution in [2.45, 2.75) is 108 Å². The standard InChI is InChI=1S/C5H6F6.C5H12.C3H6O.2C3H8.C2H6O2S.C2H6O.C2H6S/c1-3(2,4(6,7)8)5(9,10)11;1-5(2,3)4;1-3(2)4;2*1-3-2;1-5(2,3)4;2*1-3-2/h1-2H3;1-4H3;1-2H3;2*3H2,1-2H3;1-2H3;2*1-2H3. The molecule has 0 aromatic rings. The second-order valence-electron chi connectivity index (χ2n) is 9.90. The van der Waals surface area contributed by atoms with Crippen LogP contribution in [0.3, 0.4) is 0 Å². The highest BCUT2D eigenvalue weighted by molar-refractivity contribution is 7.97. The molecule has 0 radical (unpaired) electrons. The molecular formula is C25H58F6O4S2. The molecule has 37 heavy (non-hydrogen) atoms. The van der Waals surface area contributed by atoms with Crippen LogP contribution in [0.25, 0.3) is 0 Å². The Hall–Kier alpha value is -0.490. The van der Waals surface area contributed by atoms with E-state index in [4.69, 9.17) is 0 Å². The Labute approximate surface area is 230 Å². The van der Waals surface area contributed by atoms with E-state index in [9.17, 15) is 39.6 Å². The minimum Gasteiger partial charge on any atom is -0.388 e. The van der Waals surface area contributed by atoms with Crippen molar-refractivity contribution in [2.75, 3.05) is 39.2 Å². The molecule has 0 amide bonds. The maximum atomic E-state index is 11.6. The lowest BCUT2D eigenvalue weighted by Crippen LogP contribution is -2.44. The third-order valence-corrected chi connectivity index (χ3v) is 1.42. The van der Waals surface area contributed by atoms with Crippen molar-refractivity contribution in [2.24, 2.45) is 10.8 Å². The molecule has 0 N–H and O–H groups in total. The van der Waals surface area contributed by atoms with Crippen LogP contribution in [0.1, 0.15) is 95.9 Å². The quantitative estimate of drug-likeness (QED) is 0.259. The van der Waals surface area contributed by atoms with Gasteiger partial charge in [-0.25, -0.2) is 8.42 Å². The largest absolute Gasteiger partial charge is 0.402 e. The number of ether oxygens (including phenoxy) is 1.